The van der Waals surface area contributed by atoms with Gasteiger partial charge in [-0.15, -0.1) is 0 Å². The molecule has 94 valence electrons. The summed E-state index contributed by atoms with van der Waals surface area (Å²) in [4.78, 5) is 4.25. The summed E-state index contributed by atoms with van der Waals surface area (Å²) in [7, 11) is 0. The molecule has 19 heavy (non-hydrogen) atoms. The summed E-state index contributed by atoms with van der Waals surface area (Å²) < 4.78 is 6.77. The van der Waals surface area contributed by atoms with E-state index in [-0.39, 0.29) is 0 Å². The van der Waals surface area contributed by atoms with Gasteiger partial charge < -0.3 is 4.74 Å². The second-order valence-electron chi connectivity index (χ2n) is 4.37. The van der Waals surface area contributed by atoms with Crippen molar-refractivity contribution in [1.82, 2.24) is 4.98 Å². The molecule has 0 saturated heterocycles. The molecule has 0 radical (unpaired) electrons. The highest BCUT2D eigenvalue weighted by Crippen LogP contribution is 2.35. The van der Waals surface area contributed by atoms with Crippen LogP contribution in [0.3, 0.4) is 0 Å². The average Bonchev–Trinajstić information content (AvgIpc) is 2.45. The molecule has 0 saturated carbocycles. The van der Waals surface area contributed by atoms with Crippen molar-refractivity contribution in [2.24, 2.45) is 0 Å². The van der Waals surface area contributed by atoms with Gasteiger partial charge in [-0.05, 0) is 45.3 Å². The van der Waals surface area contributed by atoms with E-state index < -0.39 is 0 Å². The minimum atomic E-state index is 0.599. The van der Waals surface area contributed by atoms with E-state index in [4.69, 9.17) is 4.74 Å². The van der Waals surface area contributed by atoms with Crippen LogP contribution >= 0.6 is 15.9 Å². The standard InChI is InChI=1S/C16H12BrNO/c1-11-6-9-15(18-10-11)19-14-8-7-12-4-2-3-5-13(12)16(14)17/h2-10H,1H3. The van der Waals surface area contributed by atoms with Gasteiger partial charge in [-0.3, -0.25) is 0 Å². The Morgan fingerprint density at radius 1 is 1.00 bits per heavy atom. The van der Waals surface area contributed by atoms with E-state index in [0.717, 1.165) is 21.2 Å². The Labute approximate surface area is 120 Å². The molecule has 0 aliphatic rings. The second-order valence-corrected chi connectivity index (χ2v) is 5.17. The summed E-state index contributed by atoms with van der Waals surface area (Å²) in [5, 5.41) is 2.31. The molecule has 0 aliphatic heterocycles. The highest BCUT2D eigenvalue weighted by Gasteiger charge is 2.07. The summed E-state index contributed by atoms with van der Waals surface area (Å²) >= 11 is 3.60. The van der Waals surface area contributed by atoms with Crippen LogP contribution < -0.4 is 4.74 Å². The Morgan fingerprint density at radius 3 is 2.63 bits per heavy atom. The van der Waals surface area contributed by atoms with Crippen molar-refractivity contribution in [2.45, 2.75) is 6.92 Å². The fourth-order valence-corrected chi connectivity index (χ4v) is 2.49. The van der Waals surface area contributed by atoms with Crippen molar-refractivity contribution in [3.8, 4) is 11.6 Å². The molecular weight excluding hydrogens is 302 g/mol. The molecule has 0 N–H and O–H groups in total. The van der Waals surface area contributed by atoms with Crippen LogP contribution in [-0.2, 0) is 0 Å². The fourth-order valence-electron chi connectivity index (χ4n) is 1.92. The molecule has 0 spiro atoms. The number of fused-ring (bicyclic) bond motifs is 1. The van der Waals surface area contributed by atoms with Gasteiger partial charge in [0.05, 0.1) is 4.47 Å². The highest BCUT2D eigenvalue weighted by atomic mass is 79.9. The van der Waals surface area contributed by atoms with E-state index in [1.165, 1.54) is 5.39 Å². The van der Waals surface area contributed by atoms with Gasteiger partial charge in [-0.1, -0.05) is 36.4 Å². The molecule has 1 heterocycles. The number of hydrogen-bond acceptors (Lipinski definition) is 2. The molecule has 0 atom stereocenters. The monoisotopic (exact) mass is 313 g/mol. The zero-order valence-electron chi connectivity index (χ0n) is 10.4. The number of aromatic nitrogens is 1. The molecule has 0 aliphatic carbocycles. The van der Waals surface area contributed by atoms with E-state index in [0.29, 0.717) is 5.88 Å². The molecule has 2 aromatic carbocycles. The van der Waals surface area contributed by atoms with E-state index in [1.807, 2.05) is 43.3 Å². The van der Waals surface area contributed by atoms with Crippen LogP contribution in [0.5, 0.6) is 11.6 Å². The van der Waals surface area contributed by atoms with Crippen LogP contribution in [-0.4, -0.2) is 4.98 Å². The quantitative estimate of drug-likeness (QED) is 0.656. The molecule has 3 heteroatoms. The van der Waals surface area contributed by atoms with Crippen molar-refractivity contribution in [1.29, 1.82) is 0 Å². The predicted octanol–water partition coefficient (Wildman–Crippen LogP) is 5.10. The first kappa shape index (κ1) is 12.2. The first-order valence-corrected chi connectivity index (χ1v) is 6.81. The van der Waals surface area contributed by atoms with Crippen LogP contribution in [0.2, 0.25) is 0 Å². The second kappa shape index (κ2) is 5.02. The SMILES string of the molecule is Cc1ccc(Oc2ccc3ccccc3c2Br)nc1. The minimum absolute atomic E-state index is 0.599. The number of rotatable bonds is 2. The molecule has 0 bridgehead atoms. The number of ether oxygens (including phenoxy) is 1. The zero-order chi connectivity index (χ0) is 13.2. The Kier molecular flexibility index (Phi) is 3.22. The van der Waals surface area contributed by atoms with Gasteiger partial charge in [0.2, 0.25) is 5.88 Å². The van der Waals surface area contributed by atoms with Gasteiger partial charge in [0.15, 0.2) is 0 Å². The first-order chi connectivity index (χ1) is 9.24. The maximum Gasteiger partial charge on any atom is 0.219 e. The summed E-state index contributed by atoms with van der Waals surface area (Å²) in [6.45, 7) is 2.00. The third-order valence-electron chi connectivity index (χ3n) is 2.93. The first-order valence-electron chi connectivity index (χ1n) is 6.02. The maximum atomic E-state index is 5.81. The Balaban J connectivity index is 2.01. The predicted molar refractivity (Wildman–Crippen MR) is 80.7 cm³/mol. The van der Waals surface area contributed by atoms with Gasteiger partial charge in [-0.25, -0.2) is 4.98 Å². The third-order valence-corrected chi connectivity index (χ3v) is 3.74. The van der Waals surface area contributed by atoms with Gasteiger partial charge in [0, 0.05) is 12.3 Å². The normalized spacial score (nSPS) is 10.6. The van der Waals surface area contributed by atoms with Crippen LogP contribution in [0, 0.1) is 6.92 Å². The van der Waals surface area contributed by atoms with Crippen LogP contribution in [0.4, 0.5) is 0 Å². The molecule has 1 aromatic heterocycles. The minimum Gasteiger partial charge on any atom is -0.438 e. The largest absolute Gasteiger partial charge is 0.438 e. The lowest BCUT2D eigenvalue weighted by atomic mass is 10.1. The van der Waals surface area contributed by atoms with Crippen molar-refractivity contribution in [3.63, 3.8) is 0 Å². The summed E-state index contributed by atoms with van der Waals surface area (Å²) in [6.07, 6.45) is 1.80. The Bertz CT molecular complexity index is 722. The van der Waals surface area contributed by atoms with Crippen LogP contribution in [0.1, 0.15) is 5.56 Å². The lowest BCUT2D eigenvalue weighted by Gasteiger charge is -2.09. The highest BCUT2D eigenvalue weighted by molar-refractivity contribution is 9.10. The van der Waals surface area contributed by atoms with E-state index in [2.05, 4.69) is 33.0 Å². The van der Waals surface area contributed by atoms with E-state index >= 15 is 0 Å². The molecule has 0 fully saturated rings. The van der Waals surface area contributed by atoms with Crippen molar-refractivity contribution < 1.29 is 4.74 Å². The van der Waals surface area contributed by atoms with Gasteiger partial charge in [-0.2, -0.15) is 0 Å². The smallest absolute Gasteiger partial charge is 0.219 e. The van der Waals surface area contributed by atoms with Gasteiger partial charge in [0.1, 0.15) is 5.75 Å². The topological polar surface area (TPSA) is 22.1 Å². The van der Waals surface area contributed by atoms with Crippen molar-refractivity contribution in [2.75, 3.05) is 0 Å². The molecule has 3 rings (SSSR count). The average molecular weight is 314 g/mol. The zero-order valence-corrected chi connectivity index (χ0v) is 12.0. The number of nitrogens with zero attached hydrogens (tertiary/aromatic N) is 1. The third kappa shape index (κ3) is 2.47. The van der Waals surface area contributed by atoms with Crippen molar-refractivity contribution in [3.05, 3.63) is 64.8 Å². The van der Waals surface area contributed by atoms with Gasteiger partial charge in [0.25, 0.3) is 0 Å². The van der Waals surface area contributed by atoms with Crippen LogP contribution in [0.25, 0.3) is 10.8 Å². The number of hydrogen-bond donors (Lipinski definition) is 0. The summed E-state index contributed by atoms with van der Waals surface area (Å²) in [5.41, 5.74) is 1.12. The lowest BCUT2D eigenvalue weighted by molar-refractivity contribution is 0.461. The molecule has 2 nitrogen and oxygen atoms in total. The summed E-state index contributed by atoms with van der Waals surface area (Å²) in [5.74, 6) is 1.37. The Hall–Kier alpha value is -1.87. The maximum absolute atomic E-state index is 5.81. The lowest BCUT2D eigenvalue weighted by Crippen LogP contribution is -1.89. The number of halogens is 1. The number of benzene rings is 2. The van der Waals surface area contributed by atoms with E-state index in [9.17, 15) is 0 Å². The fraction of sp³-hybridized carbons (Fsp3) is 0.0625. The number of pyridine rings is 1. The summed E-state index contributed by atoms with van der Waals surface area (Å²) in [6, 6.07) is 16.0. The molecule has 3 aromatic rings. The number of aryl methyl sites for hydroxylation is 1. The van der Waals surface area contributed by atoms with Crippen LogP contribution in [0.15, 0.2) is 59.2 Å². The Morgan fingerprint density at radius 2 is 1.84 bits per heavy atom. The molecule has 0 unspecified atom stereocenters. The van der Waals surface area contributed by atoms with E-state index in [1.54, 1.807) is 6.20 Å². The van der Waals surface area contributed by atoms with Crippen molar-refractivity contribution >= 4 is 26.7 Å². The molecular formula is C16H12BrNO. The molecule has 0 amide bonds. The van der Waals surface area contributed by atoms with Gasteiger partial charge >= 0.3 is 0 Å².